The summed E-state index contributed by atoms with van der Waals surface area (Å²) in [5, 5.41) is 11.4. The number of oxime groups is 1. The summed E-state index contributed by atoms with van der Waals surface area (Å²) in [4.78, 5) is 0. The van der Waals surface area contributed by atoms with Crippen molar-refractivity contribution in [3.8, 4) is 5.75 Å². The molecule has 4 heteroatoms. The van der Waals surface area contributed by atoms with Crippen molar-refractivity contribution in [2.45, 2.75) is 13.8 Å². The van der Waals surface area contributed by atoms with Gasteiger partial charge >= 0.3 is 0 Å². The van der Waals surface area contributed by atoms with Crippen LogP contribution in [0.4, 0.5) is 0 Å². The maximum absolute atomic E-state index is 8.46. The first-order valence-corrected chi connectivity index (χ1v) is 5.12. The molecule has 0 aliphatic rings. The molecule has 1 N–H and O–H groups in total. The number of hydrogen-bond acceptors (Lipinski definition) is 3. The normalized spacial score (nSPS) is 11.9. The molecule has 1 aromatic carbocycles. The van der Waals surface area contributed by atoms with Gasteiger partial charge in [-0.25, -0.2) is 0 Å². The van der Waals surface area contributed by atoms with E-state index in [2.05, 4.69) is 19.0 Å². The Bertz CT molecular complexity index is 333. The molecule has 0 saturated carbocycles. The summed E-state index contributed by atoms with van der Waals surface area (Å²) < 4.78 is 5.49. The van der Waals surface area contributed by atoms with Crippen LogP contribution in [0.3, 0.4) is 0 Å². The van der Waals surface area contributed by atoms with Crippen LogP contribution >= 0.6 is 11.6 Å². The van der Waals surface area contributed by atoms with Gasteiger partial charge in [0.1, 0.15) is 5.75 Å². The SMILES string of the molecule is CC(C)COc1ccc(/C(Cl)=N/O)cc1. The van der Waals surface area contributed by atoms with Gasteiger partial charge in [0.15, 0.2) is 5.17 Å². The zero-order valence-electron chi connectivity index (χ0n) is 8.77. The third-order valence-corrected chi connectivity index (χ3v) is 2.06. The summed E-state index contributed by atoms with van der Waals surface area (Å²) in [7, 11) is 0. The van der Waals surface area contributed by atoms with Crippen LogP contribution in [0.2, 0.25) is 0 Å². The van der Waals surface area contributed by atoms with Gasteiger partial charge in [0, 0.05) is 5.56 Å². The number of benzene rings is 1. The highest BCUT2D eigenvalue weighted by Gasteiger charge is 2.01. The Kier molecular flexibility index (Phi) is 4.43. The van der Waals surface area contributed by atoms with Crippen molar-refractivity contribution in [2.75, 3.05) is 6.61 Å². The van der Waals surface area contributed by atoms with Gasteiger partial charge in [-0.3, -0.25) is 0 Å². The lowest BCUT2D eigenvalue weighted by atomic mass is 10.2. The number of ether oxygens (including phenoxy) is 1. The summed E-state index contributed by atoms with van der Waals surface area (Å²) >= 11 is 5.63. The summed E-state index contributed by atoms with van der Waals surface area (Å²) in [5.41, 5.74) is 0.663. The van der Waals surface area contributed by atoms with Gasteiger partial charge in [-0.15, -0.1) is 0 Å². The summed E-state index contributed by atoms with van der Waals surface area (Å²) in [6.45, 7) is 4.86. The Morgan fingerprint density at radius 1 is 1.40 bits per heavy atom. The van der Waals surface area contributed by atoms with Gasteiger partial charge < -0.3 is 9.94 Å². The number of hydrogen-bond donors (Lipinski definition) is 1. The van der Waals surface area contributed by atoms with Gasteiger partial charge in [-0.2, -0.15) is 0 Å². The number of rotatable bonds is 4. The second kappa shape index (κ2) is 5.61. The summed E-state index contributed by atoms with van der Waals surface area (Å²) in [5.74, 6) is 1.28. The van der Waals surface area contributed by atoms with Gasteiger partial charge in [-0.1, -0.05) is 30.6 Å². The topological polar surface area (TPSA) is 41.8 Å². The molecule has 3 nitrogen and oxygen atoms in total. The molecule has 1 aromatic rings. The lowest BCUT2D eigenvalue weighted by Crippen LogP contribution is -2.04. The van der Waals surface area contributed by atoms with Crippen molar-refractivity contribution in [2.24, 2.45) is 11.1 Å². The molecule has 0 amide bonds. The minimum Gasteiger partial charge on any atom is -0.493 e. The van der Waals surface area contributed by atoms with Crippen LogP contribution in [-0.2, 0) is 0 Å². The average molecular weight is 228 g/mol. The van der Waals surface area contributed by atoms with E-state index in [1.54, 1.807) is 24.3 Å². The first-order valence-electron chi connectivity index (χ1n) is 4.74. The Hall–Kier alpha value is -1.22. The van der Waals surface area contributed by atoms with Crippen LogP contribution in [-0.4, -0.2) is 17.0 Å². The Morgan fingerprint density at radius 2 is 2.00 bits per heavy atom. The molecule has 0 aromatic heterocycles. The standard InChI is InChI=1S/C11H14ClNO2/c1-8(2)7-15-10-5-3-9(4-6-10)11(12)13-14/h3-6,8,14H,7H2,1-2H3/b13-11-. The van der Waals surface area contributed by atoms with Crippen molar-refractivity contribution in [1.82, 2.24) is 0 Å². The molecular formula is C11H14ClNO2. The fraction of sp³-hybridized carbons (Fsp3) is 0.364. The molecule has 1 rings (SSSR count). The predicted octanol–water partition coefficient (Wildman–Crippen LogP) is 3.10. The third-order valence-electron chi connectivity index (χ3n) is 1.76. The van der Waals surface area contributed by atoms with Crippen LogP contribution in [0.5, 0.6) is 5.75 Å². The monoisotopic (exact) mass is 227 g/mol. The van der Waals surface area contributed by atoms with Crippen molar-refractivity contribution in [3.63, 3.8) is 0 Å². The molecule has 0 spiro atoms. The minimum absolute atomic E-state index is 0.0745. The maximum Gasteiger partial charge on any atom is 0.175 e. The molecule has 0 unspecified atom stereocenters. The average Bonchev–Trinajstić information content (AvgIpc) is 2.26. The van der Waals surface area contributed by atoms with Crippen molar-refractivity contribution >= 4 is 16.8 Å². The van der Waals surface area contributed by atoms with Crippen LogP contribution in [0, 0.1) is 5.92 Å². The zero-order chi connectivity index (χ0) is 11.3. The van der Waals surface area contributed by atoms with Crippen LogP contribution in [0.1, 0.15) is 19.4 Å². The van der Waals surface area contributed by atoms with Gasteiger partial charge in [0.25, 0.3) is 0 Å². The second-order valence-electron chi connectivity index (χ2n) is 3.62. The van der Waals surface area contributed by atoms with Crippen molar-refractivity contribution in [1.29, 1.82) is 0 Å². The van der Waals surface area contributed by atoms with Crippen molar-refractivity contribution in [3.05, 3.63) is 29.8 Å². The van der Waals surface area contributed by atoms with Gasteiger partial charge in [-0.05, 0) is 30.2 Å². The van der Waals surface area contributed by atoms with E-state index in [-0.39, 0.29) is 5.17 Å². The molecule has 82 valence electrons. The first kappa shape index (κ1) is 11.9. The smallest absolute Gasteiger partial charge is 0.175 e. The van der Waals surface area contributed by atoms with Crippen LogP contribution in [0.15, 0.2) is 29.4 Å². The van der Waals surface area contributed by atoms with E-state index in [9.17, 15) is 0 Å². The van der Waals surface area contributed by atoms with E-state index in [4.69, 9.17) is 21.5 Å². The van der Waals surface area contributed by atoms with E-state index in [0.29, 0.717) is 18.1 Å². The second-order valence-corrected chi connectivity index (χ2v) is 3.98. The largest absolute Gasteiger partial charge is 0.493 e. The Balaban J connectivity index is 2.64. The Morgan fingerprint density at radius 3 is 2.47 bits per heavy atom. The minimum atomic E-state index is 0.0745. The highest BCUT2D eigenvalue weighted by molar-refractivity contribution is 6.69. The maximum atomic E-state index is 8.46. The molecule has 0 radical (unpaired) electrons. The number of nitrogens with zero attached hydrogens (tertiary/aromatic N) is 1. The fourth-order valence-corrected chi connectivity index (χ4v) is 1.14. The summed E-state index contributed by atoms with van der Waals surface area (Å²) in [6.07, 6.45) is 0. The predicted molar refractivity (Wildman–Crippen MR) is 61.0 cm³/mol. The number of halogens is 1. The lowest BCUT2D eigenvalue weighted by molar-refractivity contribution is 0.271. The summed E-state index contributed by atoms with van der Waals surface area (Å²) in [6, 6.07) is 7.09. The van der Waals surface area contributed by atoms with Crippen LogP contribution in [0.25, 0.3) is 0 Å². The lowest BCUT2D eigenvalue weighted by Gasteiger charge is -2.08. The quantitative estimate of drug-likeness (QED) is 0.488. The fourth-order valence-electron chi connectivity index (χ4n) is 1.01. The Labute approximate surface area is 94.3 Å². The first-order chi connectivity index (χ1) is 7.13. The molecule has 0 saturated heterocycles. The molecule has 0 heterocycles. The molecule has 0 aliphatic carbocycles. The zero-order valence-corrected chi connectivity index (χ0v) is 9.53. The third kappa shape index (κ3) is 3.80. The van der Waals surface area contributed by atoms with Gasteiger partial charge in [0.05, 0.1) is 6.61 Å². The van der Waals surface area contributed by atoms with E-state index in [1.807, 2.05) is 0 Å². The van der Waals surface area contributed by atoms with E-state index < -0.39 is 0 Å². The highest BCUT2D eigenvalue weighted by Crippen LogP contribution is 2.14. The van der Waals surface area contributed by atoms with E-state index in [0.717, 1.165) is 5.75 Å². The molecular weight excluding hydrogens is 214 g/mol. The van der Waals surface area contributed by atoms with E-state index in [1.165, 1.54) is 0 Å². The van der Waals surface area contributed by atoms with E-state index >= 15 is 0 Å². The molecule has 0 atom stereocenters. The van der Waals surface area contributed by atoms with Gasteiger partial charge in [0.2, 0.25) is 0 Å². The van der Waals surface area contributed by atoms with Crippen LogP contribution < -0.4 is 4.74 Å². The molecule has 0 bridgehead atoms. The van der Waals surface area contributed by atoms with Crippen molar-refractivity contribution < 1.29 is 9.94 Å². The highest BCUT2D eigenvalue weighted by atomic mass is 35.5. The molecule has 15 heavy (non-hydrogen) atoms. The molecule has 0 aliphatic heterocycles. The molecule has 0 fully saturated rings.